The molecule has 1 fully saturated rings. The molecule has 0 bridgehead atoms. The fraction of sp³-hybridized carbons (Fsp3) is 0.500. The van der Waals surface area contributed by atoms with Crippen LogP contribution in [0.15, 0.2) is 49.6 Å². The Labute approximate surface area is 188 Å². The Hall–Kier alpha value is -3.16. The molecule has 0 heterocycles. The van der Waals surface area contributed by atoms with Crippen molar-refractivity contribution < 1.29 is 38.1 Å². The lowest BCUT2D eigenvalue weighted by Crippen LogP contribution is -2.46. The molecule has 1 aliphatic rings. The third-order valence-corrected chi connectivity index (χ3v) is 4.81. The average molecular weight is 449 g/mol. The third-order valence-electron chi connectivity index (χ3n) is 4.81. The zero-order valence-corrected chi connectivity index (χ0v) is 18.8. The van der Waals surface area contributed by atoms with Crippen LogP contribution in [0.4, 0.5) is 0 Å². The lowest BCUT2D eigenvalue weighted by molar-refractivity contribution is -0.174. The summed E-state index contributed by atoms with van der Waals surface area (Å²) in [6.45, 7) is 17.6. The van der Waals surface area contributed by atoms with E-state index >= 15 is 0 Å². The maximum atomic E-state index is 12.8. The molecule has 8 nitrogen and oxygen atoms in total. The molecule has 0 aromatic carbocycles. The van der Waals surface area contributed by atoms with E-state index in [4.69, 9.17) is 18.9 Å². The summed E-state index contributed by atoms with van der Waals surface area (Å²) in [5, 5.41) is 0. The molecule has 4 atom stereocenters. The van der Waals surface area contributed by atoms with E-state index in [1.54, 1.807) is 13.8 Å². The number of hydrogen-bond donors (Lipinski definition) is 0. The summed E-state index contributed by atoms with van der Waals surface area (Å²) in [6.07, 6.45) is 2.52. The second-order valence-corrected chi connectivity index (χ2v) is 7.86. The van der Waals surface area contributed by atoms with E-state index < -0.39 is 47.5 Å². The van der Waals surface area contributed by atoms with Gasteiger partial charge < -0.3 is 18.9 Å². The van der Waals surface area contributed by atoms with Gasteiger partial charge in [-0.1, -0.05) is 38.5 Å². The molecule has 8 heteroatoms. The van der Waals surface area contributed by atoms with Gasteiger partial charge in [-0.25, -0.2) is 0 Å². The number of carbonyl (C=O) groups is 4. The van der Waals surface area contributed by atoms with Crippen molar-refractivity contribution in [1.82, 2.24) is 0 Å². The van der Waals surface area contributed by atoms with Crippen LogP contribution in [0.1, 0.15) is 26.7 Å². The molecular formula is C24H32O8. The van der Waals surface area contributed by atoms with Crippen molar-refractivity contribution >= 4 is 23.9 Å². The van der Waals surface area contributed by atoms with E-state index in [2.05, 4.69) is 26.3 Å². The Balaban J connectivity index is 3.24. The van der Waals surface area contributed by atoms with E-state index in [9.17, 15) is 19.2 Å². The smallest absolute Gasteiger partial charge is 0.310 e. The molecule has 0 N–H and O–H groups in total. The lowest BCUT2D eigenvalue weighted by atomic mass is 9.68. The monoisotopic (exact) mass is 448 g/mol. The maximum Gasteiger partial charge on any atom is 0.310 e. The number of carbonyl (C=O) groups excluding carboxylic acids is 4. The Morgan fingerprint density at radius 1 is 0.656 bits per heavy atom. The molecule has 0 aromatic rings. The Morgan fingerprint density at radius 3 is 1.19 bits per heavy atom. The highest BCUT2D eigenvalue weighted by molar-refractivity contribution is 5.88. The van der Waals surface area contributed by atoms with Gasteiger partial charge in [-0.2, -0.15) is 0 Å². The molecule has 1 saturated carbocycles. The fourth-order valence-corrected chi connectivity index (χ4v) is 3.35. The van der Waals surface area contributed by atoms with Gasteiger partial charge in [0.25, 0.3) is 0 Å². The largest absolute Gasteiger partial charge is 0.461 e. The highest BCUT2D eigenvalue weighted by atomic mass is 16.5. The van der Waals surface area contributed by atoms with Crippen LogP contribution in [0.5, 0.6) is 0 Å². The fourth-order valence-electron chi connectivity index (χ4n) is 3.35. The van der Waals surface area contributed by atoms with Gasteiger partial charge in [-0.15, -0.1) is 0 Å². The molecule has 0 aromatic heterocycles. The SMILES string of the molecule is C=CCOC(=O)C1CC(C(=O)OCC(=C)C)C(C(=O)OCC(=C)C)CC1C(=O)OCC=C. The lowest BCUT2D eigenvalue weighted by Gasteiger charge is -2.36. The first-order valence-corrected chi connectivity index (χ1v) is 10.3. The Morgan fingerprint density at radius 2 is 0.938 bits per heavy atom. The summed E-state index contributed by atoms with van der Waals surface area (Å²) in [5.41, 5.74) is 1.23. The molecular weight excluding hydrogens is 416 g/mol. The van der Waals surface area contributed by atoms with Crippen LogP contribution in [0.3, 0.4) is 0 Å². The molecule has 1 aliphatic carbocycles. The normalized spacial score (nSPS) is 22.1. The summed E-state index contributed by atoms with van der Waals surface area (Å²) in [4.78, 5) is 51.0. The standard InChI is InChI=1S/C24H32O8/c1-7-9-29-21(25)17-11-19(23(27)31-13-15(3)4)20(24(28)32-14-16(5)6)12-18(17)22(26)30-10-8-2/h7-8,17-20H,1-3,5,9-14H2,4,6H3. The summed E-state index contributed by atoms with van der Waals surface area (Å²) < 4.78 is 20.8. The highest BCUT2D eigenvalue weighted by Crippen LogP contribution is 2.41. The average Bonchev–Trinajstić information content (AvgIpc) is 2.76. The molecule has 0 aliphatic heterocycles. The molecule has 0 saturated heterocycles. The molecule has 32 heavy (non-hydrogen) atoms. The van der Waals surface area contributed by atoms with Crippen LogP contribution in [0.2, 0.25) is 0 Å². The topological polar surface area (TPSA) is 105 Å². The molecule has 1 rings (SSSR count). The number of hydrogen-bond acceptors (Lipinski definition) is 8. The van der Waals surface area contributed by atoms with Crippen molar-refractivity contribution in [3.63, 3.8) is 0 Å². The van der Waals surface area contributed by atoms with Crippen molar-refractivity contribution in [2.75, 3.05) is 26.4 Å². The summed E-state index contributed by atoms with van der Waals surface area (Å²) in [7, 11) is 0. The second kappa shape index (κ2) is 13.3. The maximum absolute atomic E-state index is 12.8. The molecule has 0 spiro atoms. The van der Waals surface area contributed by atoms with E-state index in [0.29, 0.717) is 11.1 Å². The first-order valence-electron chi connectivity index (χ1n) is 10.3. The quantitative estimate of drug-likeness (QED) is 0.255. The number of esters is 4. The second-order valence-electron chi connectivity index (χ2n) is 7.86. The summed E-state index contributed by atoms with van der Waals surface area (Å²) in [5.74, 6) is -6.73. The molecule has 0 amide bonds. The number of rotatable bonds is 12. The molecule has 4 unspecified atom stereocenters. The van der Waals surface area contributed by atoms with Gasteiger partial charge in [0.15, 0.2) is 0 Å². The van der Waals surface area contributed by atoms with Gasteiger partial charge in [0, 0.05) is 0 Å². The summed E-state index contributed by atoms with van der Waals surface area (Å²) in [6, 6.07) is 0. The van der Waals surface area contributed by atoms with Gasteiger partial charge in [-0.05, 0) is 37.8 Å². The highest BCUT2D eigenvalue weighted by Gasteiger charge is 2.51. The number of ether oxygens (including phenoxy) is 4. The summed E-state index contributed by atoms with van der Waals surface area (Å²) >= 11 is 0. The van der Waals surface area contributed by atoms with Gasteiger partial charge in [0.05, 0.1) is 23.7 Å². The van der Waals surface area contributed by atoms with Gasteiger partial charge in [0.1, 0.15) is 26.4 Å². The minimum Gasteiger partial charge on any atom is -0.461 e. The van der Waals surface area contributed by atoms with Crippen molar-refractivity contribution in [1.29, 1.82) is 0 Å². The van der Waals surface area contributed by atoms with Crippen LogP contribution in [-0.4, -0.2) is 50.3 Å². The van der Waals surface area contributed by atoms with Crippen molar-refractivity contribution in [3.05, 3.63) is 49.6 Å². The Kier molecular flexibility index (Phi) is 11.2. The first-order chi connectivity index (χ1) is 15.1. The van der Waals surface area contributed by atoms with E-state index in [1.807, 2.05) is 0 Å². The van der Waals surface area contributed by atoms with Gasteiger partial charge in [0.2, 0.25) is 0 Å². The minimum absolute atomic E-state index is 0.0285. The van der Waals surface area contributed by atoms with Crippen LogP contribution >= 0.6 is 0 Å². The predicted molar refractivity (Wildman–Crippen MR) is 117 cm³/mol. The minimum atomic E-state index is -1.00. The van der Waals surface area contributed by atoms with Crippen LogP contribution in [-0.2, 0) is 38.1 Å². The molecule has 176 valence electrons. The molecule has 0 radical (unpaired) electrons. The van der Waals surface area contributed by atoms with Crippen molar-refractivity contribution in [2.45, 2.75) is 26.7 Å². The van der Waals surface area contributed by atoms with E-state index in [0.717, 1.165) is 0 Å². The van der Waals surface area contributed by atoms with Crippen LogP contribution < -0.4 is 0 Å². The van der Waals surface area contributed by atoms with Crippen molar-refractivity contribution in [3.8, 4) is 0 Å². The predicted octanol–water partition coefficient (Wildman–Crippen LogP) is 2.94. The van der Waals surface area contributed by atoms with Crippen LogP contribution in [0, 0.1) is 23.7 Å². The zero-order chi connectivity index (χ0) is 24.3. The van der Waals surface area contributed by atoms with Gasteiger partial charge >= 0.3 is 23.9 Å². The first kappa shape index (κ1) is 26.9. The van der Waals surface area contributed by atoms with E-state index in [-0.39, 0.29) is 39.3 Å². The zero-order valence-electron chi connectivity index (χ0n) is 18.8. The Bertz CT molecular complexity index is 702. The van der Waals surface area contributed by atoms with E-state index in [1.165, 1.54) is 12.2 Å². The van der Waals surface area contributed by atoms with Gasteiger partial charge in [-0.3, -0.25) is 19.2 Å². The van der Waals surface area contributed by atoms with Crippen LogP contribution in [0.25, 0.3) is 0 Å². The van der Waals surface area contributed by atoms with Crippen molar-refractivity contribution in [2.24, 2.45) is 23.7 Å². The third kappa shape index (κ3) is 8.17.